The van der Waals surface area contributed by atoms with E-state index < -0.39 is 0 Å². The summed E-state index contributed by atoms with van der Waals surface area (Å²) in [5.74, 6) is 0.253. The molecule has 0 aromatic rings. The van der Waals surface area contributed by atoms with Crippen LogP contribution in [0, 0.1) is 10.8 Å². The van der Waals surface area contributed by atoms with Gasteiger partial charge in [0.25, 0.3) is 0 Å². The Morgan fingerprint density at radius 1 is 0.677 bits per heavy atom. The number of hydrogen-bond donors (Lipinski definition) is 4. The zero-order chi connectivity index (χ0) is 25.3. The van der Waals surface area contributed by atoms with E-state index in [2.05, 4.69) is 0 Å². The van der Waals surface area contributed by atoms with Crippen molar-refractivity contribution in [3.63, 3.8) is 0 Å². The van der Waals surface area contributed by atoms with Gasteiger partial charge in [-0.15, -0.1) is 0 Å². The van der Waals surface area contributed by atoms with E-state index in [1.165, 1.54) is 12.2 Å². The SMILES string of the molecule is CC(C)O.CC(C)O.CCC(=O)/C=C(/O)C(C)(C)C.CCC(=O)/C=C(\O)C(C)(C)C.[Zr]. The predicted molar refractivity (Wildman–Crippen MR) is 126 cm³/mol. The van der Waals surface area contributed by atoms with Gasteiger partial charge in [0.2, 0.25) is 0 Å². The molecule has 0 saturated carbocycles. The molecule has 31 heavy (non-hydrogen) atoms. The second-order valence-electron chi connectivity index (χ2n) is 9.39. The molecule has 0 aliphatic rings. The molecule has 184 valence electrons. The minimum Gasteiger partial charge on any atom is -0.512 e. The summed E-state index contributed by atoms with van der Waals surface area (Å²) in [7, 11) is 0. The fourth-order valence-electron chi connectivity index (χ4n) is 0.942. The van der Waals surface area contributed by atoms with Crippen LogP contribution in [-0.4, -0.2) is 44.2 Å². The Morgan fingerprint density at radius 3 is 0.935 bits per heavy atom. The Kier molecular flexibility index (Phi) is 27.6. The van der Waals surface area contributed by atoms with Crippen LogP contribution in [0.1, 0.15) is 95.9 Å². The fourth-order valence-corrected chi connectivity index (χ4v) is 0.942. The van der Waals surface area contributed by atoms with Gasteiger partial charge < -0.3 is 20.4 Å². The molecular weight excluding hydrogens is 475 g/mol. The minimum absolute atomic E-state index is 0. The Hall–Kier alpha value is -0.777. The maximum Gasteiger partial charge on any atom is 0.158 e. The van der Waals surface area contributed by atoms with Crippen molar-refractivity contribution < 1.29 is 56.2 Å². The average Bonchev–Trinajstić information content (AvgIpc) is 2.52. The van der Waals surface area contributed by atoms with Crippen molar-refractivity contribution in [2.24, 2.45) is 10.8 Å². The quantitative estimate of drug-likeness (QED) is 0.278. The minimum atomic E-state index is -0.315. The zero-order valence-electron chi connectivity index (χ0n) is 21.8. The molecule has 0 aliphatic heterocycles. The van der Waals surface area contributed by atoms with Gasteiger partial charge in [0.05, 0.1) is 0 Å². The standard InChI is InChI=1S/2C9H16O2.2C3H8O.Zr/c2*1-5-7(10)6-8(11)9(2,3)4;2*1-3(2)4;/h2*6,11H,5H2,1-4H3;2*3-4H,1-2H3;/b8-6+;8-6-;;;. The molecular formula is C24H48O6Zr. The van der Waals surface area contributed by atoms with E-state index in [1.807, 2.05) is 41.5 Å². The van der Waals surface area contributed by atoms with E-state index in [4.69, 9.17) is 10.2 Å². The van der Waals surface area contributed by atoms with Crippen LogP contribution in [0.5, 0.6) is 0 Å². The second kappa shape index (κ2) is 21.1. The van der Waals surface area contributed by atoms with Crippen molar-refractivity contribution in [2.45, 2.75) is 108 Å². The van der Waals surface area contributed by atoms with Crippen molar-refractivity contribution in [3.05, 3.63) is 23.7 Å². The molecule has 0 atom stereocenters. The Bertz CT molecular complexity index is 468. The van der Waals surface area contributed by atoms with Gasteiger partial charge >= 0.3 is 0 Å². The molecule has 0 aliphatic carbocycles. The molecule has 4 N–H and O–H groups in total. The zero-order valence-corrected chi connectivity index (χ0v) is 24.3. The number of hydrogen-bond acceptors (Lipinski definition) is 6. The van der Waals surface area contributed by atoms with Crippen LogP contribution in [0.2, 0.25) is 0 Å². The van der Waals surface area contributed by atoms with Crippen LogP contribution < -0.4 is 0 Å². The number of allylic oxidation sites excluding steroid dienone is 4. The molecule has 0 rings (SSSR count). The summed E-state index contributed by atoms with van der Waals surface area (Å²) in [6.07, 6.45) is 3.17. The first-order valence-electron chi connectivity index (χ1n) is 10.5. The summed E-state index contributed by atoms with van der Waals surface area (Å²) in [6.45, 7) is 21.6. The van der Waals surface area contributed by atoms with E-state index in [9.17, 15) is 19.8 Å². The average molecular weight is 524 g/mol. The number of aliphatic hydroxyl groups excluding tert-OH is 4. The smallest absolute Gasteiger partial charge is 0.158 e. The van der Waals surface area contributed by atoms with Gasteiger partial charge in [-0.1, -0.05) is 55.4 Å². The number of aliphatic hydroxyl groups is 4. The molecule has 0 unspecified atom stereocenters. The van der Waals surface area contributed by atoms with Crippen molar-refractivity contribution in [1.29, 1.82) is 0 Å². The first-order chi connectivity index (χ1) is 13.2. The third-order valence-corrected chi connectivity index (χ3v) is 2.83. The van der Waals surface area contributed by atoms with Gasteiger partial charge in [-0.25, -0.2) is 0 Å². The summed E-state index contributed by atoms with van der Waals surface area (Å²) >= 11 is 0. The third-order valence-electron chi connectivity index (χ3n) is 2.83. The van der Waals surface area contributed by atoms with Crippen molar-refractivity contribution in [1.82, 2.24) is 0 Å². The molecule has 0 spiro atoms. The maximum atomic E-state index is 10.8. The first-order valence-corrected chi connectivity index (χ1v) is 10.5. The van der Waals surface area contributed by atoms with Gasteiger partial charge in [-0.3, -0.25) is 9.59 Å². The van der Waals surface area contributed by atoms with Crippen LogP contribution in [0.3, 0.4) is 0 Å². The molecule has 0 amide bonds. The predicted octanol–water partition coefficient (Wildman–Crippen LogP) is 5.68. The Balaban J connectivity index is -0.000000106. The van der Waals surface area contributed by atoms with Crippen molar-refractivity contribution in [2.75, 3.05) is 0 Å². The summed E-state index contributed by atoms with van der Waals surface area (Å²) in [5, 5.41) is 34.8. The van der Waals surface area contributed by atoms with Crippen LogP contribution >= 0.6 is 0 Å². The molecule has 0 radical (unpaired) electrons. The number of carbonyl (C=O) groups is 2. The molecule has 0 heterocycles. The molecule has 0 bridgehead atoms. The number of carbonyl (C=O) groups excluding carboxylic acids is 2. The van der Waals surface area contributed by atoms with Crippen LogP contribution in [-0.2, 0) is 35.8 Å². The fraction of sp³-hybridized carbons (Fsp3) is 0.750. The third kappa shape index (κ3) is 40.2. The monoisotopic (exact) mass is 522 g/mol. The second-order valence-corrected chi connectivity index (χ2v) is 9.39. The molecule has 0 aromatic heterocycles. The van der Waals surface area contributed by atoms with Gasteiger partial charge in [0.1, 0.15) is 11.5 Å². The van der Waals surface area contributed by atoms with Crippen LogP contribution in [0.4, 0.5) is 0 Å². The normalized spacial score (nSPS) is 11.7. The van der Waals surface area contributed by atoms with Gasteiger partial charge in [0, 0.05) is 74.2 Å². The van der Waals surface area contributed by atoms with Gasteiger partial charge in [-0.2, -0.15) is 0 Å². The van der Waals surface area contributed by atoms with E-state index in [0.29, 0.717) is 12.8 Å². The Morgan fingerprint density at radius 2 is 0.839 bits per heavy atom. The summed E-state index contributed by atoms with van der Waals surface area (Å²) < 4.78 is 0. The van der Waals surface area contributed by atoms with Crippen LogP contribution in [0.15, 0.2) is 23.7 Å². The summed E-state index contributed by atoms with van der Waals surface area (Å²) in [4.78, 5) is 21.7. The maximum absolute atomic E-state index is 10.8. The van der Waals surface area contributed by atoms with E-state index in [1.54, 1.807) is 41.5 Å². The molecule has 7 heteroatoms. The van der Waals surface area contributed by atoms with Gasteiger partial charge in [0.15, 0.2) is 11.6 Å². The first kappa shape index (κ1) is 40.6. The summed E-state index contributed by atoms with van der Waals surface area (Å²) in [6, 6.07) is 0. The molecule has 0 fully saturated rings. The largest absolute Gasteiger partial charge is 0.512 e. The van der Waals surface area contributed by atoms with E-state index in [0.717, 1.165) is 0 Å². The van der Waals surface area contributed by atoms with E-state index in [-0.39, 0.29) is 72.3 Å². The number of rotatable bonds is 4. The molecule has 6 nitrogen and oxygen atoms in total. The molecule has 0 aromatic carbocycles. The van der Waals surface area contributed by atoms with Gasteiger partial charge in [-0.05, 0) is 27.7 Å². The van der Waals surface area contributed by atoms with E-state index >= 15 is 0 Å². The Labute approximate surface area is 210 Å². The molecule has 0 saturated heterocycles. The topological polar surface area (TPSA) is 115 Å². The summed E-state index contributed by atoms with van der Waals surface area (Å²) in [5.41, 5.74) is -0.629. The van der Waals surface area contributed by atoms with Crippen LogP contribution in [0.25, 0.3) is 0 Å². The number of ketones is 2. The van der Waals surface area contributed by atoms with Crippen molar-refractivity contribution in [3.8, 4) is 0 Å². The van der Waals surface area contributed by atoms with Crippen molar-refractivity contribution >= 4 is 11.6 Å².